The number of nitrogens with one attached hydrogen (secondary N) is 2. The molecule has 2 aliphatic carbocycles. The summed E-state index contributed by atoms with van der Waals surface area (Å²) < 4.78 is 2.16. The third kappa shape index (κ3) is 4.11. The number of anilines is 3. The Bertz CT molecular complexity index is 1150. The lowest BCUT2D eigenvalue weighted by Crippen LogP contribution is -2.42. The maximum atomic E-state index is 11.7. The van der Waals surface area contributed by atoms with E-state index in [1.807, 2.05) is 24.3 Å². The monoisotopic (exact) mass is 453 g/mol. The maximum Gasteiger partial charge on any atom is 0.225 e. The zero-order valence-corrected chi connectivity index (χ0v) is 18.9. The van der Waals surface area contributed by atoms with Crippen molar-refractivity contribution in [2.24, 2.45) is 11.7 Å². The van der Waals surface area contributed by atoms with Gasteiger partial charge in [-0.1, -0.05) is 17.7 Å². The van der Waals surface area contributed by atoms with Gasteiger partial charge >= 0.3 is 0 Å². The van der Waals surface area contributed by atoms with Crippen molar-refractivity contribution in [2.45, 2.75) is 63.5 Å². The molecule has 2 aliphatic rings. The predicted octanol–water partition coefficient (Wildman–Crippen LogP) is 4.79. The Kier molecular flexibility index (Phi) is 5.41. The molecule has 0 spiro atoms. The largest absolute Gasteiger partial charge is 0.369 e. The molecule has 1 amide bonds. The molecule has 0 aliphatic heterocycles. The molecule has 2 aromatic heterocycles. The van der Waals surface area contributed by atoms with Crippen LogP contribution in [0.25, 0.3) is 11.2 Å². The molecule has 0 radical (unpaired) electrons. The molecule has 32 heavy (non-hydrogen) atoms. The Morgan fingerprint density at radius 2 is 2.00 bits per heavy atom. The van der Waals surface area contributed by atoms with Gasteiger partial charge in [-0.05, 0) is 70.1 Å². The minimum absolute atomic E-state index is 0.0555. The zero-order valence-electron chi connectivity index (χ0n) is 18.1. The summed E-state index contributed by atoms with van der Waals surface area (Å²) in [6.45, 7) is 2.21. The highest BCUT2D eigenvalue weighted by Crippen LogP contribution is 2.38. The highest BCUT2D eigenvalue weighted by atomic mass is 35.5. The average Bonchev–Trinajstić information content (AvgIpc) is 3.09. The van der Waals surface area contributed by atoms with Crippen LogP contribution in [0.1, 0.15) is 57.9 Å². The third-order valence-corrected chi connectivity index (χ3v) is 7.08. The van der Waals surface area contributed by atoms with E-state index in [4.69, 9.17) is 27.3 Å². The smallest absolute Gasteiger partial charge is 0.225 e. The van der Waals surface area contributed by atoms with Gasteiger partial charge in [-0.15, -0.1) is 0 Å². The summed E-state index contributed by atoms with van der Waals surface area (Å²) in [4.78, 5) is 25.9. The summed E-state index contributed by atoms with van der Waals surface area (Å²) in [5.41, 5.74) is 7.99. The van der Waals surface area contributed by atoms with E-state index in [1.54, 1.807) is 6.20 Å². The molecule has 0 saturated heterocycles. The van der Waals surface area contributed by atoms with Crippen LogP contribution in [0.5, 0.6) is 0 Å². The molecule has 4 N–H and O–H groups in total. The molecule has 2 saturated carbocycles. The van der Waals surface area contributed by atoms with Crippen molar-refractivity contribution in [1.82, 2.24) is 19.5 Å². The summed E-state index contributed by atoms with van der Waals surface area (Å²) in [5.74, 6) is 1.06. The first-order valence-electron chi connectivity index (χ1n) is 11.3. The van der Waals surface area contributed by atoms with Crippen LogP contribution in [-0.2, 0) is 4.79 Å². The lowest BCUT2D eigenvalue weighted by molar-refractivity contribution is -0.122. The first-order chi connectivity index (χ1) is 15.4. The lowest BCUT2D eigenvalue weighted by Gasteiger charge is -2.39. The number of primary amides is 1. The number of fused-ring (bicyclic) bond motifs is 1. The van der Waals surface area contributed by atoms with E-state index in [0.717, 1.165) is 55.4 Å². The molecule has 0 bridgehead atoms. The Hall–Kier alpha value is -2.87. The SMILES string of the molecule is CC1(Nc2ncc3nc(Nc4cccc(Cl)c4)n([C@H]4CC[C@H](C(N)=O)CC4)c3n2)CCC1. The highest BCUT2D eigenvalue weighted by molar-refractivity contribution is 6.30. The Balaban J connectivity index is 1.52. The number of benzene rings is 1. The summed E-state index contributed by atoms with van der Waals surface area (Å²) >= 11 is 6.18. The second-order valence-electron chi connectivity index (χ2n) is 9.29. The fourth-order valence-electron chi connectivity index (χ4n) is 4.80. The van der Waals surface area contributed by atoms with Gasteiger partial charge < -0.3 is 16.4 Å². The Morgan fingerprint density at radius 3 is 2.66 bits per heavy atom. The first-order valence-corrected chi connectivity index (χ1v) is 11.6. The van der Waals surface area contributed by atoms with Crippen molar-refractivity contribution < 1.29 is 4.79 Å². The van der Waals surface area contributed by atoms with Gasteiger partial charge in [0.25, 0.3) is 0 Å². The van der Waals surface area contributed by atoms with E-state index in [1.165, 1.54) is 6.42 Å². The molecular formula is C23H28ClN7O. The van der Waals surface area contributed by atoms with Gasteiger partial charge in [0, 0.05) is 28.2 Å². The van der Waals surface area contributed by atoms with Crippen LogP contribution in [0.2, 0.25) is 5.02 Å². The van der Waals surface area contributed by atoms with Gasteiger partial charge in [0.15, 0.2) is 5.65 Å². The molecular weight excluding hydrogens is 426 g/mol. The van der Waals surface area contributed by atoms with Gasteiger partial charge in [0.1, 0.15) is 5.52 Å². The minimum atomic E-state index is -0.209. The number of halogens is 1. The Morgan fingerprint density at radius 1 is 1.22 bits per heavy atom. The number of nitrogens with two attached hydrogens (primary N) is 1. The van der Waals surface area contributed by atoms with Crippen LogP contribution in [-0.4, -0.2) is 31.0 Å². The van der Waals surface area contributed by atoms with Crippen LogP contribution in [0.3, 0.4) is 0 Å². The van der Waals surface area contributed by atoms with E-state index in [2.05, 4.69) is 27.1 Å². The average molecular weight is 454 g/mol. The number of carbonyl (C=O) groups excluding carboxylic acids is 1. The second kappa shape index (κ2) is 8.24. The van der Waals surface area contributed by atoms with Gasteiger partial charge in [-0.25, -0.2) is 9.97 Å². The number of carbonyl (C=O) groups is 1. The molecule has 8 nitrogen and oxygen atoms in total. The quantitative estimate of drug-likeness (QED) is 0.494. The molecule has 1 aromatic carbocycles. The molecule has 168 valence electrons. The number of hydrogen-bond donors (Lipinski definition) is 3. The van der Waals surface area contributed by atoms with E-state index in [0.29, 0.717) is 16.9 Å². The van der Waals surface area contributed by atoms with E-state index >= 15 is 0 Å². The molecule has 2 heterocycles. The van der Waals surface area contributed by atoms with Crippen LogP contribution in [0, 0.1) is 5.92 Å². The lowest BCUT2D eigenvalue weighted by atomic mass is 9.79. The van der Waals surface area contributed by atoms with E-state index in [9.17, 15) is 4.79 Å². The summed E-state index contributed by atoms with van der Waals surface area (Å²) in [7, 11) is 0. The van der Waals surface area contributed by atoms with Crippen LogP contribution >= 0.6 is 11.6 Å². The van der Waals surface area contributed by atoms with Crippen molar-refractivity contribution in [2.75, 3.05) is 10.6 Å². The molecule has 2 fully saturated rings. The fraction of sp³-hybridized carbons (Fsp3) is 0.478. The van der Waals surface area contributed by atoms with Crippen LogP contribution in [0.15, 0.2) is 30.5 Å². The molecule has 0 atom stereocenters. The fourth-order valence-corrected chi connectivity index (χ4v) is 4.99. The van der Waals surface area contributed by atoms with Gasteiger partial charge in [0.05, 0.1) is 6.20 Å². The number of imidazole rings is 1. The van der Waals surface area contributed by atoms with Gasteiger partial charge in [-0.2, -0.15) is 4.98 Å². The molecule has 5 rings (SSSR count). The number of nitrogens with zero attached hydrogens (tertiary/aromatic N) is 4. The van der Waals surface area contributed by atoms with E-state index in [-0.39, 0.29) is 23.4 Å². The summed E-state index contributed by atoms with van der Waals surface area (Å²) in [5, 5.41) is 7.57. The van der Waals surface area contributed by atoms with Crippen molar-refractivity contribution in [1.29, 1.82) is 0 Å². The highest BCUT2D eigenvalue weighted by Gasteiger charge is 2.33. The maximum absolute atomic E-state index is 11.7. The topological polar surface area (TPSA) is 111 Å². The van der Waals surface area contributed by atoms with Crippen molar-refractivity contribution in [3.8, 4) is 0 Å². The number of amides is 1. The molecule has 3 aromatic rings. The number of rotatable bonds is 6. The minimum Gasteiger partial charge on any atom is -0.369 e. The number of hydrogen-bond acceptors (Lipinski definition) is 6. The standard InChI is InChI=1S/C23H28ClN7O/c1-23(10-3-11-23)30-21-26-13-18-20(29-21)31(17-8-6-14(7-9-17)19(25)32)22(28-18)27-16-5-2-4-15(24)12-16/h2,4-5,12-14,17H,3,6-11H2,1H3,(H2,25,32)(H,27,28)(H,26,29,30)/t14-,17-. The summed E-state index contributed by atoms with van der Waals surface area (Å²) in [6.07, 6.45) is 8.46. The third-order valence-electron chi connectivity index (χ3n) is 6.85. The van der Waals surface area contributed by atoms with Crippen molar-refractivity contribution in [3.63, 3.8) is 0 Å². The van der Waals surface area contributed by atoms with Crippen molar-refractivity contribution >= 4 is 46.3 Å². The normalized spacial score (nSPS) is 22.3. The second-order valence-corrected chi connectivity index (χ2v) is 9.73. The molecule has 0 unspecified atom stereocenters. The Labute approximate surface area is 192 Å². The molecule has 9 heteroatoms. The van der Waals surface area contributed by atoms with Crippen LogP contribution < -0.4 is 16.4 Å². The first kappa shape index (κ1) is 21.0. The number of aromatic nitrogens is 4. The van der Waals surface area contributed by atoms with Crippen LogP contribution in [0.4, 0.5) is 17.6 Å². The van der Waals surface area contributed by atoms with E-state index < -0.39 is 0 Å². The van der Waals surface area contributed by atoms with Gasteiger partial charge in [-0.3, -0.25) is 9.36 Å². The predicted molar refractivity (Wildman–Crippen MR) is 126 cm³/mol. The zero-order chi connectivity index (χ0) is 22.3. The summed E-state index contributed by atoms with van der Waals surface area (Å²) in [6, 6.07) is 7.72. The van der Waals surface area contributed by atoms with Gasteiger partial charge in [0.2, 0.25) is 17.8 Å². The van der Waals surface area contributed by atoms with Crippen molar-refractivity contribution in [3.05, 3.63) is 35.5 Å².